The fraction of sp³-hybridized carbons (Fsp3) is 0.714. The van der Waals surface area contributed by atoms with E-state index in [-0.39, 0.29) is 6.10 Å². The van der Waals surface area contributed by atoms with Gasteiger partial charge in [-0.05, 0) is 43.4 Å². The first kappa shape index (κ1) is 12.5. The first-order valence-electron chi connectivity index (χ1n) is 6.16. The van der Waals surface area contributed by atoms with Gasteiger partial charge < -0.3 is 5.11 Å². The van der Waals surface area contributed by atoms with Crippen LogP contribution in [0.15, 0.2) is 24.8 Å². The van der Waals surface area contributed by atoms with Crippen LogP contribution in [-0.2, 0) is 0 Å². The van der Waals surface area contributed by atoms with Gasteiger partial charge in [-0.3, -0.25) is 0 Å². The summed E-state index contributed by atoms with van der Waals surface area (Å²) < 4.78 is 0. The molecule has 0 spiro atoms. The SMILES string of the molecule is C=CCCC1C=CCC([C@H](O)CC)C1C. The summed E-state index contributed by atoms with van der Waals surface area (Å²) in [5.74, 6) is 1.68. The molecule has 0 radical (unpaired) electrons. The van der Waals surface area contributed by atoms with Gasteiger partial charge in [-0.1, -0.05) is 32.1 Å². The molecule has 0 fully saturated rings. The van der Waals surface area contributed by atoms with Gasteiger partial charge in [0.25, 0.3) is 0 Å². The maximum Gasteiger partial charge on any atom is 0.0571 e. The van der Waals surface area contributed by atoms with Gasteiger partial charge in [0.2, 0.25) is 0 Å². The number of hydrogen-bond acceptors (Lipinski definition) is 1. The second-order valence-electron chi connectivity index (χ2n) is 4.69. The maximum absolute atomic E-state index is 9.94. The highest BCUT2D eigenvalue weighted by Gasteiger charge is 2.30. The van der Waals surface area contributed by atoms with Gasteiger partial charge >= 0.3 is 0 Å². The smallest absolute Gasteiger partial charge is 0.0571 e. The van der Waals surface area contributed by atoms with Crippen LogP contribution < -0.4 is 0 Å². The molecule has 0 aliphatic heterocycles. The predicted octanol–water partition coefficient (Wildman–Crippen LogP) is 3.55. The first-order valence-corrected chi connectivity index (χ1v) is 6.16. The van der Waals surface area contributed by atoms with Crippen molar-refractivity contribution < 1.29 is 5.11 Å². The number of aliphatic hydroxyl groups excluding tert-OH is 1. The van der Waals surface area contributed by atoms with Crippen LogP contribution in [0.1, 0.15) is 39.5 Å². The zero-order valence-corrected chi connectivity index (χ0v) is 10.0. The maximum atomic E-state index is 9.94. The summed E-state index contributed by atoms with van der Waals surface area (Å²) >= 11 is 0. The van der Waals surface area contributed by atoms with Gasteiger partial charge in [0.15, 0.2) is 0 Å². The Morgan fingerprint density at radius 3 is 2.93 bits per heavy atom. The molecule has 0 aromatic carbocycles. The third-order valence-electron chi connectivity index (χ3n) is 3.76. The van der Waals surface area contributed by atoms with E-state index < -0.39 is 0 Å². The highest BCUT2D eigenvalue weighted by atomic mass is 16.3. The monoisotopic (exact) mass is 208 g/mol. The molecule has 1 N–H and O–H groups in total. The van der Waals surface area contributed by atoms with Crippen molar-refractivity contribution in [2.45, 2.75) is 45.6 Å². The molecule has 0 amide bonds. The molecule has 0 aromatic heterocycles. The van der Waals surface area contributed by atoms with Crippen molar-refractivity contribution in [3.63, 3.8) is 0 Å². The topological polar surface area (TPSA) is 20.2 Å². The van der Waals surface area contributed by atoms with E-state index in [1.54, 1.807) is 0 Å². The second-order valence-corrected chi connectivity index (χ2v) is 4.69. The molecular weight excluding hydrogens is 184 g/mol. The molecule has 15 heavy (non-hydrogen) atoms. The minimum absolute atomic E-state index is 0.129. The second kappa shape index (κ2) is 6.12. The summed E-state index contributed by atoms with van der Waals surface area (Å²) in [6.45, 7) is 8.11. The van der Waals surface area contributed by atoms with Gasteiger partial charge in [0, 0.05) is 0 Å². The summed E-state index contributed by atoms with van der Waals surface area (Å²) in [5.41, 5.74) is 0. The van der Waals surface area contributed by atoms with E-state index in [4.69, 9.17) is 0 Å². The molecular formula is C14H24O. The molecule has 0 heterocycles. The summed E-state index contributed by atoms with van der Waals surface area (Å²) in [7, 11) is 0. The first-order chi connectivity index (χ1) is 7.20. The van der Waals surface area contributed by atoms with Gasteiger partial charge in [0.1, 0.15) is 0 Å². The summed E-state index contributed by atoms with van der Waals surface area (Å²) in [4.78, 5) is 0. The lowest BCUT2D eigenvalue weighted by Crippen LogP contribution is -2.31. The van der Waals surface area contributed by atoms with Crippen molar-refractivity contribution in [3.05, 3.63) is 24.8 Å². The average Bonchev–Trinajstić information content (AvgIpc) is 2.27. The average molecular weight is 208 g/mol. The van der Waals surface area contributed by atoms with Crippen molar-refractivity contribution in [1.29, 1.82) is 0 Å². The highest BCUT2D eigenvalue weighted by Crippen LogP contribution is 2.35. The van der Waals surface area contributed by atoms with Crippen molar-refractivity contribution in [1.82, 2.24) is 0 Å². The lowest BCUT2D eigenvalue weighted by molar-refractivity contribution is 0.0566. The van der Waals surface area contributed by atoms with Crippen molar-refractivity contribution in [2.75, 3.05) is 0 Å². The van der Waals surface area contributed by atoms with E-state index in [1.165, 1.54) is 6.42 Å². The molecule has 4 atom stereocenters. The highest BCUT2D eigenvalue weighted by molar-refractivity contribution is 5.01. The fourth-order valence-corrected chi connectivity index (χ4v) is 2.60. The van der Waals surface area contributed by atoms with E-state index in [0.717, 1.165) is 19.3 Å². The van der Waals surface area contributed by atoms with E-state index in [9.17, 15) is 5.11 Å². The zero-order valence-electron chi connectivity index (χ0n) is 10.0. The largest absolute Gasteiger partial charge is 0.393 e. The van der Waals surface area contributed by atoms with E-state index in [0.29, 0.717) is 17.8 Å². The number of aliphatic hydroxyl groups is 1. The normalized spacial score (nSPS) is 32.6. The molecule has 1 aliphatic rings. The Balaban J connectivity index is 2.57. The van der Waals surface area contributed by atoms with Crippen LogP contribution in [0.3, 0.4) is 0 Å². The van der Waals surface area contributed by atoms with Gasteiger partial charge in [-0.15, -0.1) is 6.58 Å². The number of hydrogen-bond donors (Lipinski definition) is 1. The third kappa shape index (κ3) is 3.20. The number of rotatable bonds is 5. The van der Waals surface area contributed by atoms with Crippen molar-refractivity contribution in [3.8, 4) is 0 Å². The van der Waals surface area contributed by atoms with E-state index in [2.05, 4.69) is 32.6 Å². The lowest BCUT2D eigenvalue weighted by atomic mass is 9.72. The van der Waals surface area contributed by atoms with Gasteiger partial charge in [-0.25, -0.2) is 0 Å². The van der Waals surface area contributed by atoms with Crippen LogP contribution >= 0.6 is 0 Å². The van der Waals surface area contributed by atoms with Gasteiger partial charge in [0.05, 0.1) is 6.10 Å². The molecule has 0 aromatic rings. The Morgan fingerprint density at radius 1 is 1.60 bits per heavy atom. The van der Waals surface area contributed by atoms with E-state index >= 15 is 0 Å². The minimum Gasteiger partial charge on any atom is -0.393 e. The standard InChI is InChI=1S/C14H24O/c1-4-6-8-12-9-7-10-13(11(12)3)14(15)5-2/h4,7,9,11-15H,1,5-6,8,10H2,2-3H3/t11?,12?,13?,14-/m1/s1. The van der Waals surface area contributed by atoms with Crippen LogP contribution in [0, 0.1) is 17.8 Å². The molecule has 0 saturated carbocycles. The van der Waals surface area contributed by atoms with Gasteiger partial charge in [-0.2, -0.15) is 0 Å². The Kier molecular flexibility index (Phi) is 5.10. The Labute approximate surface area is 93.9 Å². The van der Waals surface area contributed by atoms with Crippen LogP contribution in [0.25, 0.3) is 0 Å². The third-order valence-corrected chi connectivity index (χ3v) is 3.76. The Morgan fingerprint density at radius 2 is 2.33 bits per heavy atom. The van der Waals surface area contributed by atoms with Crippen molar-refractivity contribution >= 4 is 0 Å². The summed E-state index contributed by atoms with van der Waals surface area (Å²) in [5, 5.41) is 9.94. The molecule has 1 heteroatoms. The molecule has 86 valence electrons. The fourth-order valence-electron chi connectivity index (χ4n) is 2.60. The van der Waals surface area contributed by atoms with Crippen LogP contribution in [-0.4, -0.2) is 11.2 Å². The Bertz CT molecular complexity index is 219. The molecule has 1 rings (SSSR count). The zero-order chi connectivity index (χ0) is 11.3. The summed E-state index contributed by atoms with van der Waals surface area (Å²) in [6.07, 6.45) is 10.6. The quantitative estimate of drug-likeness (QED) is 0.685. The molecule has 3 unspecified atom stereocenters. The van der Waals surface area contributed by atoms with Crippen LogP contribution in [0.5, 0.6) is 0 Å². The summed E-state index contributed by atoms with van der Waals surface area (Å²) in [6, 6.07) is 0. The Hall–Kier alpha value is -0.560. The molecule has 1 aliphatic carbocycles. The van der Waals surface area contributed by atoms with Crippen LogP contribution in [0.4, 0.5) is 0 Å². The minimum atomic E-state index is -0.129. The molecule has 1 nitrogen and oxygen atoms in total. The van der Waals surface area contributed by atoms with Crippen LogP contribution in [0.2, 0.25) is 0 Å². The van der Waals surface area contributed by atoms with Crippen molar-refractivity contribution in [2.24, 2.45) is 17.8 Å². The molecule has 0 bridgehead atoms. The van der Waals surface area contributed by atoms with E-state index in [1.807, 2.05) is 6.08 Å². The molecule has 0 saturated heterocycles. The number of allylic oxidation sites excluding steroid dienone is 3. The lowest BCUT2D eigenvalue weighted by Gasteiger charge is -2.35. The predicted molar refractivity (Wildman–Crippen MR) is 65.6 cm³/mol.